The number of nitrogens with zero attached hydrogens (tertiary/aromatic N) is 2. The molecule has 0 radical (unpaired) electrons. The van der Waals surface area contributed by atoms with Gasteiger partial charge in [0, 0.05) is 28.2 Å². The number of benzene rings is 2. The fourth-order valence-corrected chi connectivity index (χ4v) is 3.69. The Balaban J connectivity index is 2.22. The highest BCUT2D eigenvalue weighted by Gasteiger charge is 2.16. The zero-order valence-corrected chi connectivity index (χ0v) is 14.2. The molecular formula is C20H19ClN2. The van der Waals surface area contributed by atoms with Crippen molar-refractivity contribution in [3.05, 3.63) is 53.1 Å². The zero-order chi connectivity index (χ0) is 16.0. The van der Waals surface area contributed by atoms with E-state index >= 15 is 0 Å². The molecule has 0 aliphatic rings. The van der Waals surface area contributed by atoms with E-state index in [4.69, 9.17) is 16.6 Å². The van der Waals surface area contributed by atoms with Crippen LogP contribution in [0.25, 0.3) is 32.8 Å². The summed E-state index contributed by atoms with van der Waals surface area (Å²) < 4.78 is 2.20. The van der Waals surface area contributed by atoms with Crippen LogP contribution in [0.4, 0.5) is 0 Å². The van der Waals surface area contributed by atoms with Gasteiger partial charge in [-0.15, -0.1) is 0 Å². The van der Waals surface area contributed by atoms with Crippen molar-refractivity contribution < 1.29 is 0 Å². The number of aromatic nitrogens is 2. The molecule has 0 spiro atoms. The van der Waals surface area contributed by atoms with E-state index in [-0.39, 0.29) is 0 Å². The van der Waals surface area contributed by atoms with Crippen LogP contribution in [0.1, 0.15) is 25.3 Å². The van der Waals surface area contributed by atoms with Gasteiger partial charge in [-0.25, -0.2) is 4.98 Å². The lowest BCUT2D eigenvalue weighted by molar-refractivity contribution is 0.802. The van der Waals surface area contributed by atoms with E-state index in [1.54, 1.807) is 0 Å². The van der Waals surface area contributed by atoms with Crippen LogP contribution < -0.4 is 0 Å². The summed E-state index contributed by atoms with van der Waals surface area (Å²) in [5.74, 6) is 0. The first-order chi connectivity index (χ1) is 11.2. The van der Waals surface area contributed by atoms with E-state index in [1.807, 2.05) is 12.1 Å². The average molecular weight is 323 g/mol. The molecule has 0 saturated heterocycles. The minimum absolute atomic E-state index is 0.775. The molecule has 2 nitrogen and oxygen atoms in total. The molecule has 0 fully saturated rings. The largest absolute Gasteiger partial charge is 0.328 e. The van der Waals surface area contributed by atoms with Gasteiger partial charge < -0.3 is 4.57 Å². The van der Waals surface area contributed by atoms with Crippen molar-refractivity contribution >= 4 is 44.4 Å². The monoisotopic (exact) mass is 322 g/mol. The molecule has 0 unspecified atom stereocenters. The van der Waals surface area contributed by atoms with Gasteiger partial charge in [0.1, 0.15) is 5.65 Å². The number of pyridine rings is 1. The van der Waals surface area contributed by atoms with E-state index in [1.165, 1.54) is 40.1 Å². The van der Waals surface area contributed by atoms with Crippen molar-refractivity contribution in [3.8, 4) is 0 Å². The summed E-state index contributed by atoms with van der Waals surface area (Å²) in [6, 6.07) is 14.6. The maximum absolute atomic E-state index is 6.27. The number of hydrogen-bond donors (Lipinski definition) is 0. The van der Waals surface area contributed by atoms with Crippen LogP contribution >= 0.6 is 11.6 Å². The molecule has 2 aromatic carbocycles. The molecular weight excluding hydrogens is 304 g/mol. The van der Waals surface area contributed by atoms with Crippen LogP contribution in [-0.4, -0.2) is 9.55 Å². The lowest BCUT2D eigenvalue weighted by Gasteiger charge is -2.09. The van der Waals surface area contributed by atoms with Crippen molar-refractivity contribution in [2.75, 3.05) is 0 Å². The summed E-state index contributed by atoms with van der Waals surface area (Å²) in [5.41, 5.74) is 4.70. The Labute approximate surface area is 140 Å². The van der Waals surface area contributed by atoms with Gasteiger partial charge >= 0.3 is 0 Å². The predicted molar refractivity (Wildman–Crippen MR) is 99.3 cm³/mol. The summed E-state index contributed by atoms with van der Waals surface area (Å²) in [4.78, 5) is 4.93. The number of para-hydroxylation sites is 1. The number of unbranched alkanes of at least 4 members (excludes halogenated alkanes) is 1. The molecule has 4 rings (SSSR count). The first kappa shape index (κ1) is 14.5. The van der Waals surface area contributed by atoms with Crippen LogP contribution in [0.3, 0.4) is 0 Å². The van der Waals surface area contributed by atoms with Gasteiger partial charge in [-0.1, -0.05) is 43.1 Å². The van der Waals surface area contributed by atoms with E-state index in [0.717, 1.165) is 22.6 Å². The van der Waals surface area contributed by atoms with Crippen molar-refractivity contribution in [3.63, 3.8) is 0 Å². The molecule has 116 valence electrons. The van der Waals surface area contributed by atoms with Crippen LogP contribution in [0.5, 0.6) is 0 Å². The highest BCUT2D eigenvalue weighted by Crippen LogP contribution is 2.35. The molecule has 4 aromatic rings. The molecule has 23 heavy (non-hydrogen) atoms. The van der Waals surface area contributed by atoms with Crippen molar-refractivity contribution in [2.24, 2.45) is 7.05 Å². The summed E-state index contributed by atoms with van der Waals surface area (Å²) in [6.45, 7) is 2.23. The van der Waals surface area contributed by atoms with Crippen LogP contribution in [0.2, 0.25) is 5.02 Å². The van der Waals surface area contributed by atoms with Gasteiger partial charge in [0.15, 0.2) is 0 Å². The molecule has 0 saturated carbocycles. The number of hydrogen-bond acceptors (Lipinski definition) is 1. The van der Waals surface area contributed by atoms with Gasteiger partial charge in [0.25, 0.3) is 0 Å². The smallest absolute Gasteiger partial charge is 0.141 e. The van der Waals surface area contributed by atoms with Gasteiger partial charge in [-0.3, -0.25) is 0 Å². The van der Waals surface area contributed by atoms with Gasteiger partial charge in [0.05, 0.1) is 11.0 Å². The third kappa shape index (κ3) is 2.21. The third-order valence-electron chi connectivity index (χ3n) is 4.67. The SMILES string of the molecule is CCCCc1c2cc(Cl)ccc2nc2c1c1ccccc1n2C. The number of halogens is 1. The van der Waals surface area contributed by atoms with Crippen molar-refractivity contribution in [1.29, 1.82) is 0 Å². The Morgan fingerprint density at radius 2 is 1.91 bits per heavy atom. The van der Waals surface area contributed by atoms with Crippen LogP contribution in [-0.2, 0) is 13.5 Å². The quantitative estimate of drug-likeness (QED) is 0.461. The minimum atomic E-state index is 0.775. The third-order valence-corrected chi connectivity index (χ3v) is 4.90. The molecule has 3 heteroatoms. The van der Waals surface area contributed by atoms with Crippen molar-refractivity contribution in [2.45, 2.75) is 26.2 Å². The average Bonchev–Trinajstić information content (AvgIpc) is 2.85. The summed E-state index contributed by atoms with van der Waals surface area (Å²) >= 11 is 6.27. The molecule has 0 aliphatic heterocycles. The lowest BCUT2D eigenvalue weighted by atomic mass is 9.98. The van der Waals surface area contributed by atoms with E-state index in [0.29, 0.717) is 0 Å². The molecule has 0 aliphatic carbocycles. The Bertz CT molecular complexity index is 1030. The number of fused-ring (bicyclic) bond motifs is 4. The summed E-state index contributed by atoms with van der Waals surface area (Å²) in [5, 5.41) is 4.53. The number of rotatable bonds is 3. The minimum Gasteiger partial charge on any atom is -0.328 e. The Morgan fingerprint density at radius 1 is 1.09 bits per heavy atom. The van der Waals surface area contributed by atoms with Gasteiger partial charge in [0.2, 0.25) is 0 Å². The first-order valence-electron chi connectivity index (χ1n) is 8.16. The van der Waals surface area contributed by atoms with Crippen LogP contribution in [0.15, 0.2) is 42.5 Å². The standard InChI is InChI=1S/C20H19ClN2/c1-3-4-7-14-16-12-13(21)10-11-17(16)22-20-19(14)15-8-5-6-9-18(15)23(20)2/h5-6,8-12H,3-4,7H2,1-2H3. The highest BCUT2D eigenvalue weighted by atomic mass is 35.5. The van der Waals surface area contributed by atoms with E-state index < -0.39 is 0 Å². The Hall–Kier alpha value is -2.06. The summed E-state index contributed by atoms with van der Waals surface area (Å²) in [7, 11) is 2.10. The predicted octanol–water partition coefficient (Wildman–Crippen LogP) is 5.88. The first-order valence-corrected chi connectivity index (χ1v) is 8.53. The molecule has 0 amide bonds. The lowest BCUT2D eigenvalue weighted by Crippen LogP contribution is -1.95. The van der Waals surface area contributed by atoms with Gasteiger partial charge in [-0.2, -0.15) is 0 Å². The second-order valence-corrected chi connectivity index (χ2v) is 6.57. The highest BCUT2D eigenvalue weighted by molar-refractivity contribution is 6.31. The Kier molecular flexibility index (Phi) is 3.50. The maximum atomic E-state index is 6.27. The normalized spacial score (nSPS) is 11.8. The summed E-state index contributed by atoms with van der Waals surface area (Å²) in [6.07, 6.45) is 3.40. The second-order valence-electron chi connectivity index (χ2n) is 6.13. The van der Waals surface area contributed by atoms with Gasteiger partial charge in [-0.05, 0) is 42.7 Å². The van der Waals surface area contributed by atoms with E-state index in [2.05, 4.69) is 48.9 Å². The van der Waals surface area contributed by atoms with E-state index in [9.17, 15) is 0 Å². The molecule has 0 N–H and O–H groups in total. The fraction of sp³-hybridized carbons (Fsp3) is 0.250. The van der Waals surface area contributed by atoms with Crippen molar-refractivity contribution in [1.82, 2.24) is 9.55 Å². The molecule has 0 atom stereocenters. The zero-order valence-electron chi connectivity index (χ0n) is 13.4. The topological polar surface area (TPSA) is 17.8 Å². The van der Waals surface area contributed by atoms with Crippen LogP contribution in [0, 0.1) is 0 Å². The molecule has 2 heterocycles. The Morgan fingerprint density at radius 3 is 2.74 bits per heavy atom. The number of aryl methyl sites for hydroxylation is 2. The fourth-order valence-electron chi connectivity index (χ4n) is 3.52. The molecule has 2 aromatic heterocycles. The maximum Gasteiger partial charge on any atom is 0.141 e. The second kappa shape index (κ2) is 5.54. The molecule has 0 bridgehead atoms.